The van der Waals surface area contributed by atoms with Crippen molar-refractivity contribution >= 4 is 23.2 Å². The molecule has 0 bridgehead atoms. The van der Waals surface area contributed by atoms with E-state index in [-0.39, 0.29) is 11.8 Å². The number of hydrogen-bond acceptors (Lipinski definition) is 4. The number of nitrogens with one attached hydrogen (secondary N) is 1. The van der Waals surface area contributed by atoms with Crippen molar-refractivity contribution in [1.82, 2.24) is 15.2 Å². The molecule has 0 radical (unpaired) electrons. The SMILES string of the molecule is CCC(=O)NCc1csc(C2CCN(C(=O)Cc3ccccc3C)CC2)n1. The second-order valence-electron chi connectivity index (χ2n) is 7.07. The molecule has 144 valence electrons. The summed E-state index contributed by atoms with van der Waals surface area (Å²) in [7, 11) is 0. The van der Waals surface area contributed by atoms with Crippen molar-refractivity contribution in [2.24, 2.45) is 0 Å². The van der Waals surface area contributed by atoms with Gasteiger partial charge in [-0.05, 0) is 30.9 Å². The van der Waals surface area contributed by atoms with Crippen molar-refractivity contribution in [3.8, 4) is 0 Å². The van der Waals surface area contributed by atoms with Crippen LogP contribution in [0.2, 0.25) is 0 Å². The topological polar surface area (TPSA) is 62.3 Å². The van der Waals surface area contributed by atoms with Gasteiger partial charge in [-0.1, -0.05) is 31.2 Å². The summed E-state index contributed by atoms with van der Waals surface area (Å²) in [6, 6.07) is 8.09. The van der Waals surface area contributed by atoms with E-state index in [1.807, 2.05) is 35.4 Å². The molecule has 0 atom stereocenters. The van der Waals surface area contributed by atoms with Gasteiger partial charge in [0.1, 0.15) is 0 Å². The molecule has 1 fully saturated rings. The maximum Gasteiger partial charge on any atom is 0.226 e. The molecule has 0 aliphatic carbocycles. The first-order chi connectivity index (χ1) is 13.1. The molecule has 2 heterocycles. The van der Waals surface area contributed by atoms with Crippen molar-refractivity contribution in [3.05, 3.63) is 51.5 Å². The third-order valence-electron chi connectivity index (χ3n) is 5.16. The minimum atomic E-state index is 0.0463. The Labute approximate surface area is 164 Å². The monoisotopic (exact) mass is 385 g/mol. The Balaban J connectivity index is 1.50. The van der Waals surface area contributed by atoms with Gasteiger partial charge in [0.05, 0.1) is 23.7 Å². The molecule has 0 spiro atoms. The van der Waals surface area contributed by atoms with E-state index in [9.17, 15) is 9.59 Å². The molecule has 1 aliphatic rings. The van der Waals surface area contributed by atoms with E-state index in [2.05, 4.69) is 23.3 Å². The summed E-state index contributed by atoms with van der Waals surface area (Å²) in [5.41, 5.74) is 3.21. The smallest absolute Gasteiger partial charge is 0.226 e. The number of hydrogen-bond donors (Lipinski definition) is 1. The van der Waals surface area contributed by atoms with Crippen LogP contribution in [0.3, 0.4) is 0 Å². The number of nitrogens with zero attached hydrogens (tertiary/aromatic N) is 2. The average Bonchev–Trinajstić information content (AvgIpc) is 3.17. The molecule has 0 saturated carbocycles. The summed E-state index contributed by atoms with van der Waals surface area (Å²) in [6.45, 7) is 5.97. The van der Waals surface area contributed by atoms with E-state index < -0.39 is 0 Å². The molecule has 27 heavy (non-hydrogen) atoms. The molecule has 2 amide bonds. The Bertz CT molecular complexity index is 794. The lowest BCUT2D eigenvalue weighted by molar-refractivity contribution is -0.131. The van der Waals surface area contributed by atoms with Gasteiger partial charge in [-0.2, -0.15) is 0 Å². The molecule has 1 aromatic heterocycles. The second kappa shape index (κ2) is 9.13. The maximum atomic E-state index is 12.6. The normalized spacial score (nSPS) is 15.0. The first-order valence-electron chi connectivity index (χ1n) is 9.60. The molecule has 1 aromatic carbocycles. The quantitative estimate of drug-likeness (QED) is 0.829. The number of carbonyl (C=O) groups is 2. The van der Waals surface area contributed by atoms with Crippen LogP contribution in [0.4, 0.5) is 0 Å². The number of likely N-dealkylation sites (tertiary alicyclic amines) is 1. The summed E-state index contributed by atoms with van der Waals surface area (Å²) in [6.07, 6.45) is 2.88. The summed E-state index contributed by atoms with van der Waals surface area (Å²) < 4.78 is 0. The van der Waals surface area contributed by atoms with Gasteiger partial charge in [-0.3, -0.25) is 9.59 Å². The predicted molar refractivity (Wildman–Crippen MR) is 108 cm³/mol. The molecule has 6 heteroatoms. The maximum absolute atomic E-state index is 12.6. The standard InChI is InChI=1S/C21H27N3O2S/c1-3-19(25)22-13-18-14-27-21(23-18)16-8-10-24(11-9-16)20(26)12-17-7-5-4-6-15(17)2/h4-7,14,16H,3,8-13H2,1-2H3,(H,22,25). The first-order valence-corrected chi connectivity index (χ1v) is 10.5. The van der Waals surface area contributed by atoms with Crippen LogP contribution in [-0.4, -0.2) is 34.8 Å². The number of aryl methyl sites for hydroxylation is 1. The number of piperidine rings is 1. The molecule has 1 N–H and O–H groups in total. The Morgan fingerprint density at radius 3 is 2.70 bits per heavy atom. The molecule has 3 rings (SSSR count). The van der Waals surface area contributed by atoms with Gasteiger partial charge in [0.25, 0.3) is 0 Å². The van der Waals surface area contributed by atoms with Crippen LogP contribution in [0.5, 0.6) is 0 Å². The Morgan fingerprint density at radius 1 is 1.26 bits per heavy atom. The molecular formula is C21H27N3O2S. The van der Waals surface area contributed by atoms with Gasteiger partial charge < -0.3 is 10.2 Å². The van der Waals surface area contributed by atoms with Gasteiger partial charge in [0.15, 0.2) is 0 Å². The van der Waals surface area contributed by atoms with Crippen molar-refractivity contribution in [1.29, 1.82) is 0 Å². The molecule has 1 saturated heterocycles. The van der Waals surface area contributed by atoms with Crippen LogP contribution in [-0.2, 0) is 22.6 Å². The van der Waals surface area contributed by atoms with E-state index in [0.717, 1.165) is 42.2 Å². The lowest BCUT2D eigenvalue weighted by Crippen LogP contribution is -2.38. The molecule has 0 unspecified atom stereocenters. The number of carbonyl (C=O) groups excluding carboxylic acids is 2. The number of aromatic nitrogens is 1. The highest BCUT2D eigenvalue weighted by Crippen LogP contribution is 2.30. The third-order valence-corrected chi connectivity index (χ3v) is 6.21. The van der Waals surface area contributed by atoms with E-state index in [0.29, 0.717) is 25.3 Å². The fraction of sp³-hybridized carbons (Fsp3) is 0.476. The number of amides is 2. The minimum Gasteiger partial charge on any atom is -0.350 e. The van der Waals surface area contributed by atoms with Crippen LogP contribution in [0.1, 0.15) is 53.9 Å². The number of rotatable bonds is 6. The zero-order valence-electron chi connectivity index (χ0n) is 16.0. The minimum absolute atomic E-state index is 0.0463. The summed E-state index contributed by atoms with van der Waals surface area (Å²) >= 11 is 1.66. The molecular weight excluding hydrogens is 358 g/mol. The van der Waals surface area contributed by atoms with E-state index >= 15 is 0 Å². The van der Waals surface area contributed by atoms with Gasteiger partial charge in [-0.25, -0.2) is 4.98 Å². The van der Waals surface area contributed by atoms with Gasteiger partial charge in [0, 0.05) is 30.8 Å². The van der Waals surface area contributed by atoms with Crippen LogP contribution >= 0.6 is 11.3 Å². The second-order valence-corrected chi connectivity index (χ2v) is 7.96. The van der Waals surface area contributed by atoms with Crippen LogP contribution < -0.4 is 5.32 Å². The van der Waals surface area contributed by atoms with Gasteiger partial charge in [0.2, 0.25) is 11.8 Å². The first kappa shape index (κ1) is 19.5. The van der Waals surface area contributed by atoms with Crippen LogP contribution in [0.25, 0.3) is 0 Å². The summed E-state index contributed by atoms with van der Waals surface area (Å²) in [5, 5.41) is 6.02. The van der Waals surface area contributed by atoms with Gasteiger partial charge in [-0.15, -0.1) is 11.3 Å². The zero-order chi connectivity index (χ0) is 19.2. The van der Waals surface area contributed by atoms with Crippen LogP contribution in [0.15, 0.2) is 29.6 Å². The van der Waals surface area contributed by atoms with Gasteiger partial charge >= 0.3 is 0 Å². The van der Waals surface area contributed by atoms with Crippen molar-refractivity contribution < 1.29 is 9.59 Å². The summed E-state index contributed by atoms with van der Waals surface area (Å²) in [5.74, 6) is 0.669. The average molecular weight is 386 g/mol. The summed E-state index contributed by atoms with van der Waals surface area (Å²) in [4.78, 5) is 30.7. The molecule has 5 nitrogen and oxygen atoms in total. The highest BCUT2D eigenvalue weighted by atomic mass is 32.1. The molecule has 2 aromatic rings. The lowest BCUT2D eigenvalue weighted by atomic mass is 9.96. The fourth-order valence-corrected chi connectivity index (χ4v) is 4.36. The van der Waals surface area contributed by atoms with E-state index in [1.54, 1.807) is 11.3 Å². The molecule has 1 aliphatic heterocycles. The number of benzene rings is 1. The van der Waals surface area contributed by atoms with E-state index in [1.165, 1.54) is 5.56 Å². The number of thiazole rings is 1. The van der Waals surface area contributed by atoms with Crippen molar-refractivity contribution in [2.45, 2.75) is 52.0 Å². The van der Waals surface area contributed by atoms with Crippen molar-refractivity contribution in [3.63, 3.8) is 0 Å². The highest BCUT2D eigenvalue weighted by Gasteiger charge is 2.25. The Kier molecular flexibility index (Phi) is 6.61. The van der Waals surface area contributed by atoms with Crippen LogP contribution in [0, 0.1) is 6.92 Å². The largest absolute Gasteiger partial charge is 0.350 e. The van der Waals surface area contributed by atoms with E-state index in [4.69, 9.17) is 0 Å². The Morgan fingerprint density at radius 2 is 2.00 bits per heavy atom. The zero-order valence-corrected chi connectivity index (χ0v) is 16.8. The predicted octanol–water partition coefficient (Wildman–Crippen LogP) is 3.43. The fourth-order valence-electron chi connectivity index (χ4n) is 3.36. The van der Waals surface area contributed by atoms with Crippen molar-refractivity contribution in [2.75, 3.05) is 13.1 Å². The highest BCUT2D eigenvalue weighted by molar-refractivity contribution is 7.09. The Hall–Kier alpha value is -2.21. The third kappa shape index (κ3) is 5.16. The lowest BCUT2D eigenvalue weighted by Gasteiger charge is -2.31.